The van der Waals surface area contributed by atoms with Gasteiger partial charge < -0.3 is 10.3 Å². The molecule has 0 unspecified atom stereocenters. The van der Waals surface area contributed by atoms with Crippen molar-refractivity contribution in [1.82, 2.24) is 4.98 Å². The van der Waals surface area contributed by atoms with Gasteiger partial charge in [0.1, 0.15) is 0 Å². The molecule has 2 nitrogen and oxygen atoms in total. The zero-order chi connectivity index (χ0) is 17.9. The fourth-order valence-corrected chi connectivity index (χ4v) is 2.91. The lowest BCUT2D eigenvalue weighted by molar-refractivity contribution is -0.137. The summed E-state index contributed by atoms with van der Waals surface area (Å²) < 4.78 is 37.7. The summed E-state index contributed by atoms with van der Waals surface area (Å²) in [5, 5.41) is 4.20. The second kappa shape index (κ2) is 7.05. The van der Waals surface area contributed by atoms with Gasteiger partial charge in [0.2, 0.25) is 0 Å². The number of rotatable bonds is 6. The summed E-state index contributed by atoms with van der Waals surface area (Å²) in [5.41, 5.74) is 3.55. The summed E-state index contributed by atoms with van der Waals surface area (Å²) in [7, 11) is 0. The zero-order valence-electron chi connectivity index (χ0n) is 13.7. The quantitative estimate of drug-likeness (QED) is 0.571. The Morgan fingerprint density at radius 1 is 1.00 bits per heavy atom. The second-order valence-corrected chi connectivity index (χ2v) is 5.98. The van der Waals surface area contributed by atoms with Crippen molar-refractivity contribution < 1.29 is 13.2 Å². The fourth-order valence-electron chi connectivity index (χ4n) is 2.91. The van der Waals surface area contributed by atoms with Crippen molar-refractivity contribution in [3.05, 3.63) is 78.1 Å². The number of aromatic amines is 1. The first-order valence-electron chi connectivity index (χ1n) is 8.11. The highest BCUT2D eigenvalue weighted by atomic mass is 19.4. The molecule has 0 aliphatic rings. The molecule has 1 heterocycles. The summed E-state index contributed by atoms with van der Waals surface area (Å²) in [6, 6.07) is 11.7. The molecule has 0 saturated carbocycles. The number of fused-ring (bicyclic) bond motifs is 1. The monoisotopic (exact) mass is 344 g/mol. The highest BCUT2D eigenvalue weighted by molar-refractivity contribution is 5.93. The van der Waals surface area contributed by atoms with Crippen LogP contribution >= 0.6 is 0 Å². The minimum atomic E-state index is -4.28. The van der Waals surface area contributed by atoms with E-state index in [9.17, 15) is 13.2 Å². The number of nitrogens with one attached hydrogen (secondary N) is 2. The van der Waals surface area contributed by atoms with E-state index in [1.54, 1.807) is 18.3 Å². The van der Waals surface area contributed by atoms with Crippen LogP contribution in [0.1, 0.15) is 23.1 Å². The molecule has 0 atom stereocenters. The Kier molecular flexibility index (Phi) is 4.83. The second-order valence-electron chi connectivity index (χ2n) is 5.98. The first-order valence-corrected chi connectivity index (χ1v) is 8.11. The third kappa shape index (κ3) is 4.05. The van der Waals surface area contributed by atoms with Crippen LogP contribution in [0.3, 0.4) is 0 Å². The Morgan fingerprint density at radius 3 is 2.36 bits per heavy atom. The molecule has 2 N–H and O–H groups in total. The van der Waals surface area contributed by atoms with Crippen molar-refractivity contribution in [3.8, 4) is 0 Å². The van der Waals surface area contributed by atoms with E-state index in [1.807, 2.05) is 12.3 Å². The van der Waals surface area contributed by atoms with E-state index < -0.39 is 11.7 Å². The van der Waals surface area contributed by atoms with Gasteiger partial charge in [-0.2, -0.15) is 13.2 Å². The Labute approximate surface area is 144 Å². The van der Waals surface area contributed by atoms with Gasteiger partial charge in [-0.15, -0.1) is 0 Å². The van der Waals surface area contributed by atoms with Crippen LogP contribution in [-0.2, 0) is 19.0 Å². The van der Waals surface area contributed by atoms with Crippen LogP contribution in [0.15, 0.2) is 61.4 Å². The maximum Gasteiger partial charge on any atom is 0.416 e. The number of hydrogen-bond donors (Lipinski definition) is 2. The molecule has 0 aliphatic heterocycles. The van der Waals surface area contributed by atoms with E-state index in [2.05, 4.69) is 29.0 Å². The van der Waals surface area contributed by atoms with E-state index >= 15 is 0 Å². The topological polar surface area (TPSA) is 27.8 Å². The number of H-pyrrole nitrogens is 1. The summed E-state index contributed by atoms with van der Waals surface area (Å²) >= 11 is 0. The van der Waals surface area contributed by atoms with Crippen LogP contribution in [0.2, 0.25) is 0 Å². The van der Waals surface area contributed by atoms with Crippen molar-refractivity contribution in [2.45, 2.75) is 25.4 Å². The highest BCUT2D eigenvalue weighted by Crippen LogP contribution is 2.29. The smallest absolute Gasteiger partial charge is 0.361 e. The lowest BCUT2D eigenvalue weighted by Gasteiger charge is -2.08. The van der Waals surface area contributed by atoms with Gasteiger partial charge in [-0.1, -0.05) is 24.8 Å². The third-order valence-corrected chi connectivity index (χ3v) is 4.22. The normalized spacial score (nSPS) is 11.6. The van der Waals surface area contributed by atoms with E-state index in [0.717, 1.165) is 53.5 Å². The van der Waals surface area contributed by atoms with Gasteiger partial charge in [-0.3, -0.25) is 0 Å². The molecule has 0 radical (unpaired) electrons. The molecule has 0 amide bonds. The van der Waals surface area contributed by atoms with Crippen LogP contribution in [-0.4, -0.2) is 4.98 Å². The minimum Gasteiger partial charge on any atom is -0.361 e. The molecule has 25 heavy (non-hydrogen) atoms. The molecule has 5 heteroatoms. The first-order chi connectivity index (χ1) is 12.0. The molecule has 0 aliphatic carbocycles. The number of hydrogen-bond acceptors (Lipinski definition) is 1. The van der Waals surface area contributed by atoms with Gasteiger partial charge in [0, 0.05) is 17.1 Å². The Morgan fingerprint density at radius 2 is 1.68 bits per heavy atom. The average Bonchev–Trinajstić information content (AvgIpc) is 2.97. The molecule has 3 aromatic rings. The number of anilines is 1. The average molecular weight is 344 g/mol. The number of aromatic nitrogens is 1. The van der Waals surface area contributed by atoms with Gasteiger partial charge >= 0.3 is 6.18 Å². The number of halogens is 3. The third-order valence-electron chi connectivity index (χ3n) is 4.22. The SMILES string of the molecule is C=CNc1c[nH]c2ccc(CCCc3ccc(C(F)(F)F)cc3)cc12. The number of alkyl halides is 3. The number of benzene rings is 2. The predicted molar refractivity (Wildman–Crippen MR) is 95.6 cm³/mol. The molecule has 0 fully saturated rings. The molecule has 1 aromatic heterocycles. The fraction of sp³-hybridized carbons (Fsp3) is 0.200. The summed E-state index contributed by atoms with van der Waals surface area (Å²) in [6.45, 7) is 3.67. The largest absolute Gasteiger partial charge is 0.416 e. The Bertz CT molecular complexity index is 861. The Hall–Kier alpha value is -2.69. The van der Waals surface area contributed by atoms with Crippen LogP contribution < -0.4 is 5.32 Å². The standard InChI is InChI=1S/C20H19F3N2/c1-2-24-19-13-25-18-11-8-15(12-17(18)19)5-3-4-14-6-9-16(10-7-14)20(21,22)23/h2,6-13,24-25H,1,3-5H2. The lowest BCUT2D eigenvalue weighted by Crippen LogP contribution is -2.04. The lowest BCUT2D eigenvalue weighted by atomic mass is 10.0. The highest BCUT2D eigenvalue weighted by Gasteiger charge is 2.29. The molecular weight excluding hydrogens is 325 g/mol. The molecule has 0 spiro atoms. The number of aryl methyl sites for hydroxylation is 2. The van der Waals surface area contributed by atoms with Crippen molar-refractivity contribution in [2.75, 3.05) is 5.32 Å². The molecular formula is C20H19F3N2. The predicted octanol–water partition coefficient (Wildman–Crippen LogP) is 5.92. The maximum absolute atomic E-state index is 12.6. The van der Waals surface area contributed by atoms with Gasteiger partial charge in [-0.25, -0.2) is 0 Å². The van der Waals surface area contributed by atoms with Crippen LogP contribution in [0.5, 0.6) is 0 Å². The molecule has 2 aromatic carbocycles. The van der Waals surface area contributed by atoms with E-state index in [0.29, 0.717) is 0 Å². The summed E-state index contributed by atoms with van der Waals surface area (Å²) in [6.07, 6.45) is 1.77. The van der Waals surface area contributed by atoms with Crippen LogP contribution in [0.25, 0.3) is 10.9 Å². The summed E-state index contributed by atoms with van der Waals surface area (Å²) in [4.78, 5) is 3.20. The zero-order valence-corrected chi connectivity index (χ0v) is 13.7. The Balaban J connectivity index is 1.62. The molecule has 130 valence electrons. The van der Waals surface area contributed by atoms with Crippen molar-refractivity contribution in [1.29, 1.82) is 0 Å². The van der Waals surface area contributed by atoms with E-state index in [-0.39, 0.29) is 0 Å². The van der Waals surface area contributed by atoms with E-state index in [4.69, 9.17) is 0 Å². The van der Waals surface area contributed by atoms with Crippen molar-refractivity contribution in [2.24, 2.45) is 0 Å². The molecule has 0 saturated heterocycles. The van der Waals surface area contributed by atoms with Gasteiger partial charge in [0.05, 0.1) is 11.3 Å². The van der Waals surface area contributed by atoms with Crippen molar-refractivity contribution in [3.63, 3.8) is 0 Å². The minimum absolute atomic E-state index is 0.601. The molecule has 0 bridgehead atoms. The van der Waals surface area contributed by atoms with E-state index in [1.165, 1.54) is 5.56 Å². The van der Waals surface area contributed by atoms with Gasteiger partial charge in [0.15, 0.2) is 0 Å². The molecule has 3 rings (SSSR count). The van der Waals surface area contributed by atoms with Crippen molar-refractivity contribution >= 4 is 16.6 Å². The van der Waals surface area contributed by atoms with Gasteiger partial charge in [0.25, 0.3) is 0 Å². The summed E-state index contributed by atoms with van der Waals surface area (Å²) in [5.74, 6) is 0. The van der Waals surface area contributed by atoms with Crippen LogP contribution in [0, 0.1) is 0 Å². The van der Waals surface area contributed by atoms with Gasteiger partial charge in [-0.05, 0) is 60.9 Å². The maximum atomic E-state index is 12.6. The van der Waals surface area contributed by atoms with Crippen LogP contribution in [0.4, 0.5) is 18.9 Å². The first kappa shape index (κ1) is 17.1.